The van der Waals surface area contributed by atoms with Crippen LogP contribution in [0.1, 0.15) is 26.2 Å². The first-order valence-electron chi connectivity index (χ1n) is 7.18. The molecule has 1 unspecified atom stereocenters. The van der Waals surface area contributed by atoms with Crippen molar-refractivity contribution < 1.29 is 24.2 Å². The highest BCUT2D eigenvalue weighted by Crippen LogP contribution is 2.22. The van der Waals surface area contributed by atoms with Gasteiger partial charge in [-0.1, -0.05) is 6.92 Å². The number of carbonyl (C=O) groups is 3. The van der Waals surface area contributed by atoms with Gasteiger partial charge in [-0.3, -0.25) is 4.79 Å². The van der Waals surface area contributed by atoms with E-state index in [1.165, 1.54) is 4.90 Å². The fourth-order valence-electron chi connectivity index (χ4n) is 2.75. The summed E-state index contributed by atoms with van der Waals surface area (Å²) in [5.41, 5.74) is -1.30. The molecule has 0 saturated carbocycles. The Hall–Kier alpha value is -1.83. The summed E-state index contributed by atoms with van der Waals surface area (Å²) in [6.07, 6.45) is 0.943. The van der Waals surface area contributed by atoms with Crippen LogP contribution in [0.4, 0.5) is 4.79 Å². The molecule has 0 aromatic heterocycles. The Morgan fingerprint density at radius 1 is 1.48 bits per heavy atom. The summed E-state index contributed by atoms with van der Waals surface area (Å²) in [5, 5.41) is 14.8. The average Bonchev–Trinajstić information content (AvgIpc) is 2.47. The highest BCUT2D eigenvalue weighted by atomic mass is 16.5. The maximum absolute atomic E-state index is 12.4. The third-order valence-corrected chi connectivity index (χ3v) is 4.08. The number of nitrogens with one attached hydrogen (secondary N) is 2. The number of hydrogen-bond acceptors (Lipinski definition) is 4. The van der Waals surface area contributed by atoms with Gasteiger partial charge in [-0.15, -0.1) is 0 Å². The zero-order valence-electron chi connectivity index (χ0n) is 12.1. The Morgan fingerprint density at radius 3 is 2.71 bits per heavy atom. The van der Waals surface area contributed by atoms with E-state index in [1.54, 1.807) is 0 Å². The Bertz CT molecular complexity index is 434. The molecule has 8 heteroatoms. The molecule has 0 aromatic carbocycles. The number of piperazine rings is 1. The minimum Gasteiger partial charge on any atom is -0.480 e. The summed E-state index contributed by atoms with van der Waals surface area (Å²) in [4.78, 5) is 37.2. The lowest BCUT2D eigenvalue weighted by Crippen LogP contribution is -2.65. The summed E-state index contributed by atoms with van der Waals surface area (Å²) in [7, 11) is 0. The maximum Gasteiger partial charge on any atom is 0.329 e. The van der Waals surface area contributed by atoms with E-state index in [0.717, 1.165) is 0 Å². The number of aliphatic carboxylic acids is 1. The standard InChI is InChI=1S/C13H21N3O5/c1-2-9-10(17)14-5-6-16(9)12(20)15-13(11(18)19)3-7-21-8-4-13/h9H,2-8H2,1H3,(H,14,17)(H,15,20)(H,18,19). The number of ether oxygens (including phenoxy) is 1. The molecular weight excluding hydrogens is 278 g/mol. The number of hydrogen-bond donors (Lipinski definition) is 3. The predicted molar refractivity (Wildman–Crippen MR) is 72.7 cm³/mol. The first kappa shape index (κ1) is 15.6. The van der Waals surface area contributed by atoms with Crippen LogP contribution in [-0.4, -0.2) is 65.8 Å². The van der Waals surface area contributed by atoms with Gasteiger partial charge in [0.15, 0.2) is 0 Å². The number of carboxylic acids is 1. The molecule has 118 valence electrons. The number of carbonyl (C=O) groups excluding carboxylic acids is 2. The molecule has 2 aliphatic rings. The Kier molecular flexibility index (Phi) is 4.66. The first-order valence-corrected chi connectivity index (χ1v) is 7.18. The van der Waals surface area contributed by atoms with Gasteiger partial charge >= 0.3 is 12.0 Å². The molecule has 3 N–H and O–H groups in total. The Labute approximate surface area is 122 Å². The van der Waals surface area contributed by atoms with Crippen molar-refractivity contribution in [3.63, 3.8) is 0 Å². The minimum atomic E-state index is -1.30. The van der Waals surface area contributed by atoms with Gasteiger partial charge in [0.25, 0.3) is 0 Å². The molecule has 2 aliphatic heterocycles. The number of nitrogens with zero attached hydrogens (tertiary/aromatic N) is 1. The van der Waals surface area contributed by atoms with Crippen molar-refractivity contribution in [3.8, 4) is 0 Å². The highest BCUT2D eigenvalue weighted by molar-refractivity contribution is 5.91. The van der Waals surface area contributed by atoms with Gasteiger partial charge < -0.3 is 25.4 Å². The topological polar surface area (TPSA) is 108 Å². The van der Waals surface area contributed by atoms with Crippen LogP contribution >= 0.6 is 0 Å². The van der Waals surface area contributed by atoms with Gasteiger partial charge in [-0.05, 0) is 6.42 Å². The molecular formula is C13H21N3O5. The Morgan fingerprint density at radius 2 is 2.14 bits per heavy atom. The molecule has 0 radical (unpaired) electrons. The molecule has 2 heterocycles. The van der Waals surface area contributed by atoms with Crippen LogP contribution in [0.2, 0.25) is 0 Å². The average molecular weight is 299 g/mol. The highest BCUT2D eigenvalue weighted by Gasteiger charge is 2.44. The number of urea groups is 1. The van der Waals surface area contributed by atoms with Crippen molar-refractivity contribution in [2.45, 2.75) is 37.8 Å². The summed E-state index contributed by atoms with van der Waals surface area (Å²) < 4.78 is 5.17. The molecule has 8 nitrogen and oxygen atoms in total. The van der Waals surface area contributed by atoms with Crippen LogP contribution in [0.3, 0.4) is 0 Å². The lowest BCUT2D eigenvalue weighted by molar-refractivity contribution is -0.148. The summed E-state index contributed by atoms with van der Waals surface area (Å²) >= 11 is 0. The third-order valence-electron chi connectivity index (χ3n) is 4.08. The molecule has 2 rings (SSSR count). The van der Waals surface area contributed by atoms with Crippen molar-refractivity contribution in [1.29, 1.82) is 0 Å². The van der Waals surface area contributed by atoms with Gasteiger partial charge in [-0.2, -0.15) is 0 Å². The van der Waals surface area contributed by atoms with E-state index in [1.807, 2.05) is 6.92 Å². The number of amides is 3. The van der Waals surface area contributed by atoms with E-state index in [9.17, 15) is 19.5 Å². The summed E-state index contributed by atoms with van der Waals surface area (Å²) in [6, 6.07) is -1.05. The van der Waals surface area contributed by atoms with Crippen molar-refractivity contribution in [2.24, 2.45) is 0 Å². The van der Waals surface area contributed by atoms with Crippen LogP contribution in [0.5, 0.6) is 0 Å². The largest absolute Gasteiger partial charge is 0.480 e. The molecule has 2 fully saturated rings. The predicted octanol–water partition coefficient (Wildman–Crippen LogP) is -0.460. The monoisotopic (exact) mass is 299 g/mol. The molecule has 3 amide bonds. The fourth-order valence-corrected chi connectivity index (χ4v) is 2.75. The van der Waals surface area contributed by atoms with Crippen LogP contribution in [0.15, 0.2) is 0 Å². The van der Waals surface area contributed by atoms with Crippen molar-refractivity contribution in [2.75, 3.05) is 26.3 Å². The van der Waals surface area contributed by atoms with Crippen molar-refractivity contribution >= 4 is 17.9 Å². The van der Waals surface area contributed by atoms with Gasteiger partial charge in [0, 0.05) is 39.1 Å². The third kappa shape index (κ3) is 3.10. The zero-order valence-corrected chi connectivity index (χ0v) is 12.1. The smallest absolute Gasteiger partial charge is 0.329 e. The molecule has 0 spiro atoms. The quantitative estimate of drug-likeness (QED) is 0.653. The lowest BCUT2D eigenvalue weighted by Gasteiger charge is -2.39. The van der Waals surface area contributed by atoms with Crippen LogP contribution in [0, 0.1) is 0 Å². The maximum atomic E-state index is 12.4. The summed E-state index contributed by atoms with van der Waals surface area (Å²) in [5.74, 6) is -1.26. The SMILES string of the molecule is CCC1C(=O)NCCN1C(=O)NC1(C(=O)O)CCOCC1. The van der Waals surface area contributed by atoms with Gasteiger partial charge in [0.05, 0.1) is 0 Å². The summed E-state index contributed by atoms with van der Waals surface area (Å²) in [6.45, 7) is 3.17. The van der Waals surface area contributed by atoms with E-state index in [4.69, 9.17) is 4.74 Å². The van der Waals surface area contributed by atoms with E-state index in [2.05, 4.69) is 10.6 Å². The normalized spacial score (nSPS) is 25.1. The van der Waals surface area contributed by atoms with Crippen LogP contribution in [0.25, 0.3) is 0 Å². The van der Waals surface area contributed by atoms with E-state index in [-0.39, 0.29) is 18.7 Å². The van der Waals surface area contributed by atoms with E-state index >= 15 is 0 Å². The van der Waals surface area contributed by atoms with E-state index < -0.39 is 23.6 Å². The second-order valence-corrected chi connectivity index (χ2v) is 5.34. The second kappa shape index (κ2) is 6.30. The van der Waals surface area contributed by atoms with Crippen molar-refractivity contribution in [1.82, 2.24) is 15.5 Å². The Balaban J connectivity index is 2.11. The number of rotatable bonds is 3. The van der Waals surface area contributed by atoms with Gasteiger partial charge in [-0.25, -0.2) is 9.59 Å². The van der Waals surface area contributed by atoms with Gasteiger partial charge in [0.2, 0.25) is 5.91 Å². The van der Waals surface area contributed by atoms with E-state index in [0.29, 0.717) is 32.7 Å². The number of carboxylic acid groups (broad SMARTS) is 1. The molecule has 21 heavy (non-hydrogen) atoms. The van der Waals surface area contributed by atoms with Crippen LogP contribution in [-0.2, 0) is 14.3 Å². The lowest BCUT2D eigenvalue weighted by atomic mass is 9.90. The van der Waals surface area contributed by atoms with Crippen molar-refractivity contribution in [3.05, 3.63) is 0 Å². The fraction of sp³-hybridized carbons (Fsp3) is 0.769. The molecule has 1 atom stereocenters. The molecule has 0 aliphatic carbocycles. The zero-order chi connectivity index (χ0) is 15.5. The van der Waals surface area contributed by atoms with Crippen LogP contribution < -0.4 is 10.6 Å². The molecule has 0 bridgehead atoms. The molecule has 0 aromatic rings. The minimum absolute atomic E-state index is 0.199. The second-order valence-electron chi connectivity index (χ2n) is 5.34. The first-order chi connectivity index (χ1) is 10.00. The van der Waals surface area contributed by atoms with Gasteiger partial charge in [0.1, 0.15) is 11.6 Å². The molecule has 2 saturated heterocycles.